The van der Waals surface area contributed by atoms with E-state index in [0.29, 0.717) is 16.6 Å². The van der Waals surface area contributed by atoms with Gasteiger partial charge in [0, 0.05) is 16.5 Å². The highest BCUT2D eigenvalue weighted by Gasteiger charge is 2.29. The van der Waals surface area contributed by atoms with E-state index in [-0.39, 0.29) is 5.69 Å². The van der Waals surface area contributed by atoms with Crippen LogP contribution in [-0.4, -0.2) is 21.0 Å². The van der Waals surface area contributed by atoms with Gasteiger partial charge < -0.3 is 5.11 Å². The largest absolute Gasteiger partial charge is 0.476 e. The van der Waals surface area contributed by atoms with Crippen LogP contribution in [0.15, 0.2) is 30.5 Å². The first-order valence-electron chi connectivity index (χ1n) is 6.01. The van der Waals surface area contributed by atoms with Crippen molar-refractivity contribution in [3.63, 3.8) is 0 Å². The van der Waals surface area contributed by atoms with Gasteiger partial charge in [-0.25, -0.2) is 9.78 Å². The van der Waals surface area contributed by atoms with Crippen LogP contribution in [0, 0.1) is 0 Å². The average Bonchev–Trinajstić information content (AvgIpc) is 3.22. The average molecular weight is 275 g/mol. The minimum atomic E-state index is -1.07. The molecule has 1 aromatic carbocycles. The highest BCUT2D eigenvalue weighted by atomic mass is 35.5. The van der Waals surface area contributed by atoms with Crippen LogP contribution < -0.4 is 0 Å². The molecule has 1 saturated carbocycles. The zero-order valence-corrected chi connectivity index (χ0v) is 10.8. The van der Waals surface area contributed by atoms with Gasteiger partial charge in [-0.05, 0) is 25.0 Å². The third-order valence-corrected chi connectivity index (χ3v) is 3.32. The number of benzene rings is 1. The Morgan fingerprint density at radius 2 is 2.16 bits per heavy atom. The van der Waals surface area contributed by atoms with E-state index >= 15 is 0 Å². The molecule has 0 unspecified atom stereocenters. The topological polar surface area (TPSA) is 63.1 Å². The molecular formula is C14H11ClN2O2. The normalized spacial score (nSPS) is 14.4. The summed E-state index contributed by atoms with van der Waals surface area (Å²) in [6.45, 7) is 0. The van der Waals surface area contributed by atoms with Crippen molar-refractivity contribution in [3.8, 4) is 11.3 Å². The van der Waals surface area contributed by atoms with Crippen molar-refractivity contribution >= 4 is 17.6 Å². The van der Waals surface area contributed by atoms with Crippen LogP contribution in [0.1, 0.15) is 34.9 Å². The highest BCUT2D eigenvalue weighted by molar-refractivity contribution is 6.30. The Labute approximate surface area is 115 Å². The number of carboxylic acids is 1. The van der Waals surface area contributed by atoms with Gasteiger partial charge in [0.15, 0.2) is 5.69 Å². The molecule has 96 valence electrons. The number of aromatic nitrogens is 2. The summed E-state index contributed by atoms with van der Waals surface area (Å²) in [5.41, 5.74) is 2.27. The molecule has 19 heavy (non-hydrogen) atoms. The second-order valence-corrected chi connectivity index (χ2v) is 5.02. The van der Waals surface area contributed by atoms with Crippen LogP contribution in [0.5, 0.6) is 0 Å². The molecule has 0 spiro atoms. The molecule has 5 heteroatoms. The van der Waals surface area contributed by atoms with Gasteiger partial charge in [-0.3, -0.25) is 4.98 Å². The number of carboxylic acid groups (broad SMARTS) is 1. The van der Waals surface area contributed by atoms with Crippen LogP contribution >= 0.6 is 11.6 Å². The van der Waals surface area contributed by atoms with Crippen molar-refractivity contribution in [2.75, 3.05) is 0 Å². The van der Waals surface area contributed by atoms with Gasteiger partial charge in [-0.15, -0.1) is 0 Å². The molecule has 1 heterocycles. The molecule has 1 N–H and O–H groups in total. The van der Waals surface area contributed by atoms with Crippen molar-refractivity contribution < 1.29 is 9.90 Å². The highest BCUT2D eigenvalue weighted by Crippen LogP contribution is 2.42. The van der Waals surface area contributed by atoms with Gasteiger partial charge in [0.2, 0.25) is 0 Å². The molecule has 1 aliphatic carbocycles. The van der Waals surface area contributed by atoms with E-state index in [4.69, 9.17) is 16.7 Å². The molecule has 1 aliphatic rings. The summed E-state index contributed by atoms with van der Waals surface area (Å²) < 4.78 is 0. The second kappa shape index (κ2) is 4.63. The molecule has 0 atom stereocenters. The van der Waals surface area contributed by atoms with Crippen LogP contribution in [0.2, 0.25) is 5.02 Å². The Hall–Kier alpha value is -1.94. The van der Waals surface area contributed by atoms with E-state index in [1.165, 1.54) is 6.20 Å². The number of carbonyl (C=O) groups is 1. The van der Waals surface area contributed by atoms with Gasteiger partial charge in [-0.1, -0.05) is 23.7 Å². The lowest BCUT2D eigenvalue weighted by Crippen LogP contribution is -2.05. The number of rotatable bonds is 3. The van der Waals surface area contributed by atoms with Crippen molar-refractivity contribution in [3.05, 3.63) is 46.9 Å². The van der Waals surface area contributed by atoms with Gasteiger partial charge in [0.1, 0.15) is 0 Å². The van der Waals surface area contributed by atoms with Gasteiger partial charge in [0.25, 0.3) is 0 Å². The first-order valence-corrected chi connectivity index (χ1v) is 6.39. The van der Waals surface area contributed by atoms with Gasteiger partial charge in [-0.2, -0.15) is 0 Å². The van der Waals surface area contributed by atoms with Crippen LogP contribution in [0.3, 0.4) is 0 Å². The number of nitrogens with zero attached hydrogens (tertiary/aromatic N) is 2. The maximum Gasteiger partial charge on any atom is 0.356 e. The number of hydrogen-bond donors (Lipinski definition) is 1. The van der Waals surface area contributed by atoms with Crippen molar-refractivity contribution in [2.24, 2.45) is 0 Å². The minimum Gasteiger partial charge on any atom is -0.476 e. The maximum atomic E-state index is 11.0. The van der Waals surface area contributed by atoms with E-state index in [0.717, 1.165) is 24.1 Å². The molecule has 0 amide bonds. The molecule has 0 radical (unpaired) electrons. The zero-order valence-electron chi connectivity index (χ0n) is 10.0. The quantitative estimate of drug-likeness (QED) is 0.932. The van der Waals surface area contributed by atoms with E-state index < -0.39 is 5.97 Å². The van der Waals surface area contributed by atoms with E-state index in [9.17, 15) is 4.79 Å². The van der Waals surface area contributed by atoms with E-state index in [1.54, 1.807) is 12.1 Å². The molecule has 0 aliphatic heterocycles. The Kier molecular flexibility index (Phi) is 2.95. The molecule has 0 bridgehead atoms. The lowest BCUT2D eigenvalue weighted by molar-refractivity contribution is 0.0690. The van der Waals surface area contributed by atoms with Crippen molar-refractivity contribution in [1.82, 2.24) is 9.97 Å². The molecule has 1 fully saturated rings. The zero-order chi connectivity index (χ0) is 13.4. The fraction of sp³-hybridized carbons (Fsp3) is 0.214. The summed E-state index contributed by atoms with van der Waals surface area (Å²) in [7, 11) is 0. The monoisotopic (exact) mass is 274 g/mol. The lowest BCUT2D eigenvalue weighted by atomic mass is 10.1. The van der Waals surface area contributed by atoms with E-state index in [2.05, 4.69) is 9.97 Å². The molecule has 4 nitrogen and oxygen atoms in total. The lowest BCUT2D eigenvalue weighted by Gasteiger charge is -2.08. The Bertz CT molecular complexity index is 654. The van der Waals surface area contributed by atoms with E-state index in [1.807, 2.05) is 12.1 Å². The van der Waals surface area contributed by atoms with Gasteiger partial charge in [0.05, 0.1) is 17.6 Å². The first-order chi connectivity index (χ1) is 9.15. The summed E-state index contributed by atoms with van der Waals surface area (Å²) in [5.74, 6) is -0.678. The Morgan fingerprint density at radius 1 is 1.37 bits per heavy atom. The standard InChI is InChI=1S/C14H11ClN2O2/c15-10-3-1-2-9(6-10)13-12(8-4-5-8)16-7-11(17-13)14(18)19/h1-3,6-8H,4-5H2,(H,18,19). The summed E-state index contributed by atoms with van der Waals surface area (Å²) in [6.07, 6.45) is 3.48. The predicted octanol–water partition coefficient (Wildman–Crippen LogP) is 3.37. The number of halogens is 1. The van der Waals surface area contributed by atoms with Gasteiger partial charge >= 0.3 is 5.97 Å². The molecular weight excluding hydrogens is 264 g/mol. The molecule has 3 rings (SSSR count). The molecule has 0 saturated heterocycles. The Balaban J connectivity index is 2.16. The van der Waals surface area contributed by atoms with Crippen LogP contribution in [-0.2, 0) is 0 Å². The van der Waals surface area contributed by atoms with Crippen molar-refractivity contribution in [1.29, 1.82) is 0 Å². The maximum absolute atomic E-state index is 11.0. The third-order valence-electron chi connectivity index (χ3n) is 3.08. The molecule has 1 aromatic heterocycles. The summed E-state index contributed by atoms with van der Waals surface area (Å²) in [5, 5.41) is 9.63. The number of hydrogen-bond acceptors (Lipinski definition) is 3. The second-order valence-electron chi connectivity index (χ2n) is 4.58. The predicted molar refractivity (Wildman–Crippen MR) is 71.4 cm³/mol. The first kappa shape index (κ1) is 12.1. The fourth-order valence-electron chi connectivity index (χ4n) is 2.01. The van der Waals surface area contributed by atoms with Crippen molar-refractivity contribution in [2.45, 2.75) is 18.8 Å². The fourth-order valence-corrected chi connectivity index (χ4v) is 2.20. The molecule has 2 aromatic rings. The third kappa shape index (κ3) is 2.44. The Morgan fingerprint density at radius 3 is 2.79 bits per heavy atom. The summed E-state index contributed by atoms with van der Waals surface area (Å²) in [6, 6.07) is 7.25. The summed E-state index contributed by atoms with van der Waals surface area (Å²) >= 11 is 5.98. The summed E-state index contributed by atoms with van der Waals surface area (Å²) in [4.78, 5) is 19.5. The number of aromatic carboxylic acids is 1. The van der Waals surface area contributed by atoms with Crippen LogP contribution in [0.4, 0.5) is 0 Å². The minimum absolute atomic E-state index is 0.0422. The smallest absolute Gasteiger partial charge is 0.356 e. The van der Waals surface area contributed by atoms with Crippen LogP contribution in [0.25, 0.3) is 11.3 Å². The SMILES string of the molecule is O=C(O)c1cnc(C2CC2)c(-c2cccc(Cl)c2)n1.